The molecular weight excluding hydrogens is 388 g/mol. The molecule has 25 heavy (non-hydrogen) atoms. The third kappa shape index (κ3) is 3.87. The Labute approximate surface area is 154 Å². The first-order valence-electron chi connectivity index (χ1n) is 7.90. The summed E-state index contributed by atoms with van der Waals surface area (Å²) in [7, 11) is 3.12. The summed E-state index contributed by atoms with van der Waals surface area (Å²) >= 11 is 3.42. The number of hydrogen-bond donors (Lipinski definition) is 0. The van der Waals surface area contributed by atoms with Crippen LogP contribution in [0.15, 0.2) is 41.1 Å². The van der Waals surface area contributed by atoms with Gasteiger partial charge in [-0.1, -0.05) is 0 Å². The quantitative estimate of drug-likeness (QED) is 0.762. The number of likely N-dealkylation sites (tertiary alicyclic amines) is 1. The molecule has 2 heterocycles. The number of halogens is 1. The maximum atomic E-state index is 12.7. The van der Waals surface area contributed by atoms with Crippen molar-refractivity contribution in [3.63, 3.8) is 0 Å². The maximum absolute atomic E-state index is 12.7. The number of carbonyl (C=O) groups is 1. The Morgan fingerprint density at radius 2 is 2.00 bits per heavy atom. The summed E-state index contributed by atoms with van der Waals surface area (Å²) in [6, 6.07) is 7.00. The highest BCUT2D eigenvalue weighted by atomic mass is 79.9. The Morgan fingerprint density at radius 3 is 2.72 bits per heavy atom. The average Bonchev–Trinajstić information content (AvgIpc) is 3.11. The number of nitrogens with zero attached hydrogens (tertiary/aromatic N) is 2. The summed E-state index contributed by atoms with van der Waals surface area (Å²) in [4.78, 5) is 18.5. The van der Waals surface area contributed by atoms with Crippen molar-refractivity contribution >= 4 is 21.8 Å². The topological polar surface area (TPSA) is 60.9 Å². The number of pyridine rings is 1. The van der Waals surface area contributed by atoms with Gasteiger partial charge in [0.05, 0.1) is 25.2 Å². The molecule has 3 rings (SSSR count). The van der Waals surface area contributed by atoms with Gasteiger partial charge in [-0.2, -0.15) is 0 Å². The SMILES string of the molecule is COc1ccc(C(=O)N2CCC(Oc3ccncc3Br)C2)cc1OC. The molecule has 0 saturated carbocycles. The smallest absolute Gasteiger partial charge is 0.254 e. The second-order valence-corrected chi connectivity index (χ2v) is 6.51. The third-order valence-corrected chi connectivity index (χ3v) is 4.69. The van der Waals surface area contributed by atoms with Crippen LogP contribution in [0.25, 0.3) is 0 Å². The van der Waals surface area contributed by atoms with Gasteiger partial charge >= 0.3 is 0 Å². The van der Waals surface area contributed by atoms with Crippen molar-refractivity contribution in [2.24, 2.45) is 0 Å². The van der Waals surface area contributed by atoms with E-state index in [1.165, 1.54) is 0 Å². The number of methoxy groups -OCH3 is 2. The van der Waals surface area contributed by atoms with Gasteiger partial charge < -0.3 is 19.1 Å². The van der Waals surface area contributed by atoms with Gasteiger partial charge in [-0.15, -0.1) is 0 Å². The predicted octanol–water partition coefficient (Wildman–Crippen LogP) is 3.15. The molecule has 1 atom stereocenters. The van der Waals surface area contributed by atoms with E-state index in [-0.39, 0.29) is 12.0 Å². The number of aromatic nitrogens is 1. The number of hydrogen-bond acceptors (Lipinski definition) is 5. The lowest BCUT2D eigenvalue weighted by molar-refractivity contribution is 0.0772. The highest BCUT2D eigenvalue weighted by Crippen LogP contribution is 2.29. The molecule has 7 heteroatoms. The van der Waals surface area contributed by atoms with E-state index < -0.39 is 0 Å². The minimum Gasteiger partial charge on any atom is -0.493 e. The summed E-state index contributed by atoms with van der Waals surface area (Å²) < 4.78 is 17.3. The first kappa shape index (κ1) is 17.5. The lowest BCUT2D eigenvalue weighted by Crippen LogP contribution is -2.31. The minimum atomic E-state index is -0.0409. The van der Waals surface area contributed by atoms with Crippen molar-refractivity contribution in [2.75, 3.05) is 27.3 Å². The fourth-order valence-corrected chi connectivity index (χ4v) is 3.14. The largest absolute Gasteiger partial charge is 0.493 e. The van der Waals surface area contributed by atoms with Crippen LogP contribution in [0.2, 0.25) is 0 Å². The lowest BCUT2D eigenvalue weighted by Gasteiger charge is -2.18. The molecule has 1 aliphatic rings. The van der Waals surface area contributed by atoms with Crippen LogP contribution >= 0.6 is 15.9 Å². The van der Waals surface area contributed by atoms with Gasteiger partial charge in [-0.05, 0) is 40.2 Å². The number of rotatable bonds is 5. The van der Waals surface area contributed by atoms with Crippen LogP contribution in [0.1, 0.15) is 16.8 Å². The summed E-state index contributed by atoms with van der Waals surface area (Å²) in [5.41, 5.74) is 0.573. The van der Waals surface area contributed by atoms with E-state index in [1.54, 1.807) is 49.7 Å². The van der Waals surface area contributed by atoms with Crippen molar-refractivity contribution in [2.45, 2.75) is 12.5 Å². The standard InChI is InChI=1S/C18H19BrN2O4/c1-23-16-4-3-12(9-17(16)24-2)18(22)21-8-6-13(11-21)25-15-5-7-20-10-14(15)19/h3-5,7,9-10,13H,6,8,11H2,1-2H3. The monoisotopic (exact) mass is 406 g/mol. The average molecular weight is 407 g/mol. The van der Waals surface area contributed by atoms with E-state index in [0.717, 1.165) is 16.6 Å². The van der Waals surface area contributed by atoms with Crippen LogP contribution < -0.4 is 14.2 Å². The van der Waals surface area contributed by atoms with E-state index in [0.29, 0.717) is 30.2 Å². The van der Waals surface area contributed by atoms with E-state index in [4.69, 9.17) is 14.2 Å². The van der Waals surface area contributed by atoms with Crippen molar-refractivity contribution in [3.05, 3.63) is 46.7 Å². The molecule has 1 aromatic heterocycles. The molecule has 6 nitrogen and oxygen atoms in total. The van der Waals surface area contributed by atoms with Crippen molar-refractivity contribution in [1.82, 2.24) is 9.88 Å². The fourth-order valence-electron chi connectivity index (χ4n) is 2.80. The van der Waals surface area contributed by atoms with E-state index in [2.05, 4.69) is 20.9 Å². The third-order valence-electron chi connectivity index (χ3n) is 4.09. The van der Waals surface area contributed by atoms with Gasteiger partial charge in [0.1, 0.15) is 11.9 Å². The Kier molecular flexibility index (Phi) is 5.43. The van der Waals surface area contributed by atoms with E-state index in [9.17, 15) is 4.79 Å². The van der Waals surface area contributed by atoms with Crippen molar-refractivity contribution < 1.29 is 19.0 Å². The van der Waals surface area contributed by atoms with Gasteiger partial charge in [-0.3, -0.25) is 9.78 Å². The number of carbonyl (C=O) groups excluding carboxylic acids is 1. The second-order valence-electron chi connectivity index (χ2n) is 5.66. The second kappa shape index (κ2) is 7.74. The zero-order chi connectivity index (χ0) is 17.8. The molecule has 1 amide bonds. The van der Waals surface area contributed by atoms with Gasteiger partial charge in [0.2, 0.25) is 0 Å². The number of benzene rings is 1. The summed E-state index contributed by atoms with van der Waals surface area (Å²) in [5, 5.41) is 0. The van der Waals surface area contributed by atoms with Crippen LogP contribution in [0.3, 0.4) is 0 Å². The molecule has 1 aromatic carbocycles. The van der Waals surface area contributed by atoms with Gasteiger partial charge in [0.15, 0.2) is 11.5 Å². The zero-order valence-corrected chi connectivity index (χ0v) is 15.7. The summed E-state index contributed by atoms with van der Waals surface area (Å²) in [6.07, 6.45) is 4.12. The Morgan fingerprint density at radius 1 is 1.20 bits per heavy atom. The summed E-state index contributed by atoms with van der Waals surface area (Å²) in [6.45, 7) is 1.20. The fraction of sp³-hybridized carbons (Fsp3) is 0.333. The minimum absolute atomic E-state index is 0.0391. The van der Waals surface area contributed by atoms with Gasteiger partial charge in [-0.25, -0.2) is 0 Å². The molecule has 1 fully saturated rings. The van der Waals surface area contributed by atoms with Crippen LogP contribution in [-0.2, 0) is 0 Å². The molecule has 1 aliphatic heterocycles. The van der Waals surface area contributed by atoms with Gasteiger partial charge in [0, 0.05) is 30.9 Å². The van der Waals surface area contributed by atoms with Gasteiger partial charge in [0.25, 0.3) is 5.91 Å². The molecule has 0 bridgehead atoms. The molecule has 132 valence electrons. The van der Waals surface area contributed by atoms with Crippen LogP contribution in [0, 0.1) is 0 Å². The highest BCUT2D eigenvalue weighted by Gasteiger charge is 2.29. The molecule has 0 N–H and O–H groups in total. The Bertz CT molecular complexity index is 768. The Hall–Kier alpha value is -2.28. The molecule has 0 aliphatic carbocycles. The molecule has 1 saturated heterocycles. The maximum Gasteiger partial charge on any atom is 0.254 e. The highest BCUT2D eigenvalue weighted by molar-refractivity contribution is 9.10. The van der Waals surface area contributed by atoms with Crippen molar-refractivity contribution in [1.29, 1.82) is 0 Å². The van der Waals surface area contributed by atoms with E-state index in [1.807, 2.05) is 6.07 Å². The van der Waals surface area contributed by atoms with Crippen LogP contribution in [-0.4, -0.2) is 49.2 Å². The molecule has 2 aromatic rings. The lowest BCUT2D eigenvalue weighted by atomic mass is 10.1. The molecule has 1 unspecified atom stereocenters. The predicted molar refractivity (Wildman–Crippen MR) is 96.4 cm³/mol. The zero-order valence-electron chi connectivity index (χ0n) is 14.1. The van der Waals surface area contributed by atoms with Crippen molar-refractivity contribution in [3.8, 4) is 17.2 Å². The first-order chi connectivity index (χ1) is 12.1. The van der Waals surface area contributed by atoms with Crippen LogP contribution in [0.5, 0.6) is 17.2 Å². The normalized spacial score (nSPS) is 16.6. The number of amides is 1. The number of ether oxygens (including phenoxy) is 3. The molecular formula is C18H19BrN2O4. The molecule has 0 radical (unpaired) electrons. The molecule has 0 spiro atoms. The van der Waals surface area contributed by atoms with E-state index >= 15 is 0 Å². The Balaban J connectivity index is 1.67. The summed E-state index contributed by atoms with van der Waals surface area (Å²) in [5.74, 6) is 1.84. The first-order valence-corrected chi connectivity index (χ1v) is 8.69. The van der Waals surface area contributed by atoms with Crippen LogP contribution in [0.4, 0.5) is 0 Å².